The molecule has 1 atom stereocenters. The number of imidazole rings is 1. The smallest absolute Gasteiger partial charge is 0.242 e. The van der Waals surface area contributed by atoms with E-state index in [9.17, 15) is 4.79 Å². The SMILES string of the molecule is CCNC(=O)C(C)n1cc(C)[nH]c1=S. The highest BCUT2D eigenvalue weighted by molar-refractivity contribution is 7.71. The van der Waals surface area contributed by atoms with Crippen LogP contribution in [0.15, 0.2) is 6.20 Å². The average Bonchev–Trinajstić information content (AvgIpc) is 2.44. The quantitative estimate of drug-likeness (QED) is 0.748. The largest absolute Gasteiger partial charge is 0.355 e. The third-order valence-corrected chi connectivity index (χ3v) is 2.33. The highest BCUT2D eigenvalue weighted by atomic mass is 32.1. The number of aromatic amines is 1. The Bertz CT molecular complexity index is 380. The zero-order valence-corrected chi connectivity index (χ0v) is 9.44. The molecule has 0 spiro atoms. The minimum atomic E-state index is -0.257. The van der Waals surface area contributed by atoms with Gasteiger partial charge >= 0.3 is 0 Å². The van der Waals surface area contributed by atoms with Crippen LogP contribution in [0.5, 0.6) is 0 Å². The maximum absolute atomic E-state index is 11.5. The molecule has 0 radical (unpaired) electrons. The van der Waals surface area contributed by atoms with Gasteiger partial charge in [-0.15, -0.1) is 0 Å². The number of aryl methyl sites for hydroxylation is 1. The molecule has 2 N–H and O–H groups in total. The lowest BCUT2D eigenvalue weighted by molar-refractivity contribution is -0.123. The predicted molar refractivity (Wildman–Crippen MR) is 57.7 cm³/mol. The van der Waals surface area contributed by atoms with E-state index in [-0.39, 0.29) is 11.9 Å². The van der Waals surface area contributed by atoms with Crippen LogP contribution in [0.4, 0.5) is 0 Å². The average molecular weight is 213 g/mol. The van der Waals surface area contributed by atoms with Crippen molar-refractivity contribution in [2.75, 3.05) is 6.54 Å². The summed E-state index contributed by atoms with van der Waals surface area (Å²) in [5.74, 6) is -0.0115. The second kappa shape index (κ2) is 4.41. The van der Waals surface area contributed by atoms with Crippen molar-refractivity contribution in [1.82, 2.24) is 14.9 Å². The van der Waals surface area contributed by atoms with Crippen LogP contribution in [-0.2, 0) is 4.79 Å². The van der Waals surface area contributed by atoms with Gasteiger partial charge in [-0.25, -0.2) is 0 Å². The van der Waals surface area contributed by atoms with E-state index in [1.54, 1.807) is 4.57 Å². The second-order valence-electron chi connectivity index (χ2n) is 3.22. The van der Waals surface area contributed by atoms with Gasteiger partial charge in [0.2, 0.25) is 5.91 Å². The van der Waals surface area contributed by atoms with Gasteiger partial charge in [-0.1, -0.05) is 0 Å². The minimum absolute atomic E-state index is 0.0115. The lowest BCUT2D eigenvalue weighted by Crippen LogP contribution is -2.30. The fraction of sp³-hybridized carbons (Fsp3) is 0.556. The Morgan fingerprint density at radius 3 is 2.86 bits per heavy atom. The van der Waals surface area contributed by atoms with Crippen molar-refractivity contribution < 1.29 is 4.79 Å². The first-order valence-electron chi connectivity index (χ1n) is 4.61. The molecular formula is C9H15N3OS. The summed E-state index contributed by atoms with van der Waals surface area (Å²) in [6.45, 7) is 6.27. The summed E-state index contributed by atoms with van der Waals surface area (Å²) in [6.07, 6.45) is 1.85. The van der Waals surface area contributed by atoms with Crippen molar-refractivity contribution in [3.8, 4) is 0 Å². The van der Waals surface area contributed by atoms with Crippen LogP contribution in [0, 0.1) is 11.7 Å². The Morgan fingerprint density at radius 1 is 1.79 bits per heavy atom. The Labute approximate surface area is 88.3 Å². The molecule has 0 aliphatic heterocycles. The highest BCUT2D eigenvalue weighted by Crippen LogP contribution is 2.08. The lowest BCUT2D eigenvalue weighted by Gasteiger charge is -2.11. The summed E-state index contributed by atoms with van der Waals surface area (Å²) in [4.78, 5) is 14.5. The number of carbonyl (C=O) groups is 1. The number of nitrogens with zero attached hydrogens (tertiary/aromatic N) is 1. The second-order valence-corrected chi connectivity index (χ2v) is 3.61. The van der Waals surface area contributed by atoms with Crippen LogP contribution in [0.25, 0.3) is 0 Å². The van der Waals surface area contributed by atoms with Crippen molar-refractivity contribution in [2.45, 2.75) is 26.8 Å². The van der Waals surface area contributed by atoms with Gasteiger partial charge in [0.25, 0.3) is 0 Å². The van der Waals surface area contributed by atoms with Crippen LogP contribution < -0.4 is 5.32 Å². The van der Waals surface area contributed by atoms with Crippen molar-refractivity contribution in [3.63, 3.8) is 0 Å². The number of hydrogen-bond acceptors (Lipinski definition) is 2. The monoisotopic (exact) mass is 213 g/mol. The van der Waals surface area contributed by atoms with E-state index in [1.165, 1.54) is 0 Å². The zero-order chi connectivity index (χ0) is 10.7. The number of amides is 1. The van der Waals surface area contributed by atoms with Gasteiger partial charge in [0.1, 0.15) is 6.04 Å². The molecule has 1 unspecified atom stereocenters. The Morgan fingerprint density at radius 2 is 2.43 bits per heavy atom. The molecular weight excluding hydrogens is 198 g/mol. The third-order valence-electron chi connectivity index (χ3n) is 2.02. The molecule has 0 aliphatic rings. The van der Waals surface area contributed by atoms with Crippen molar-refractivity contribution in [2.24, 2.45) is 0 Å². The van der Waals surface area contributed by atoms with Crippen LogP contribution in [0.1, 0.15) is 25.6 Å². The molecule has 14 heavy (non-hydrogen) atoms. The standard InChI is InChI=1S/C9H15N3OS/c1-4-10-8(13)7(3)12-5-6(2)11-9(12)14/h5,7H,4H2,1-3H3,(H,10,13)(H,11,14). The molecule has 1 heterocycles. The van der Waals surface area contributed by atoms with Gasteiger partial charge < -0.3 is 14.9 Å². The molecule has 5 heteroatoms. The third kappa shape index (κ3) is 2.23. The molecule has 0 saturated carbocycles. The molecule has 78 valence electrons. The Hall–Kier alpha value is -1.10. The number of aromatic nitrogens is 2. The first kappa shape index (κ1) is 11.0. The van der Waals surface area contributed by atoms with Crippen molar-refractivity contribution in [3.05, 3.63) is 16.7 Å². The topological polar surface area (TPSA) is 49.8 Å². The van der Waals surface area contributed by atoms with Gasteiger partial charge in [0.15, 0.2) is 4.77 Å². The molecule has 0 aromatic carbocycles. The maximum Gasteiger partial charge on any atom is 0.242 e. The van der Waals surface area contributed by atoms with Gasteiger partial charge in [0, 0.05) is 18.4 Å². The predicted octanol–water partition coefficient (Wildman–Crippen LogP) is 1.55. The van der Waals surface area contributed by atoms with Crippen LogP contribution in [-0.4, -0.2) is 22.0 Å². The summed E-state index contributed by atoms with van der Waals surface area (Å²) in [6, 6.07) is -0.257. The summed E-state index contributed by atoms with van der Waals surface area (Å²) < 4.78 is 2.34. The van der Waals surface area contributed by atoms with Crippen LogP contribution in [0.2, 0.25) is 0 Å². The Kier molecular flexibility index (Phi) is 3.46. The van der Waals surface area contributed by atoms with E-state index >= 15 is 0 Å². The molecule has 1 aromatic heterocycles. The van der Waals surface area contributed by atoms with Gasteiger partial charge in [0.05, 0.1) is 0 Å². The molecule has 1 aromatic rings. The normalized spacial score (nSPS) is 12.5. The fourth-order valence-electron chi connectivity index (χ4n) is 1.27. The molecule has 0 bridgehead atoms. The zero-order valence-electron chi connectivity index (χ0n) is 8.63. The van der Waals surface area contributed by atoms with Crippen LogP contribution in [0.3, 0.4) is 0 Å². The summed E-state index contributed by atoms with van der Waals surface area (Å²) in [7, 11) is 0. The number of nitrogens with one attached hydrogen (secondary N) is 2. The fourth-order valence-corrected chi connectivity index (χ4v) is 1.64. The van der Waals surface area contributed by atoms with E-state index in [0.717, 1.165) is 5.69 Å². The first-order valence-corrected chi connectivity index (χ1v) is 5.02. The summed E-state index contributed by atoms with van der Waals surface area (Å²) >= 11 is 5.08. The molecule has 1 amide bonds. The van der Waals surface area contributed by atoms with E-state index in [2.05, 4.69) is 10.3 Å². The van der Waals surface area contributed by atoms with E-state index in [0.29, 0.717) is 11.3 Å². The van der Waals surface area contributed by atoms with Gasteiger partial charge in [-0.05, 0) is 33.0 Å². The minimum Gasteiger partial charge on any atom is -0.355 e. The number of rotatable bonds is 3. The number of likely N-dealkylation sites (N-methyl/N-ethyl adjacent to an activating group) is 1. The highest BCUT2D eigenvalue weighted by Gasteiger charge is 2.14. The van der Waals surface area contributed by atoms with Gasteiger partial charge in [-0.3, -0.25) is 4.79 Å². The molecule has 0 saturated heterocycles. The van der Waals surface area contributed by atoms with Crippen molar-refractivity contribution >= 4 is 18.1 Å². The number of hydrogen-bond donors (Lipinski definition) is 2. The van der Waals surface area contributed by atoms with E-state index in [4.69, 9.17) is 12.2 Å². The molecule has 1 rings (SSSR count). The number of H-pyrrole nitrogens is 1. The summed E-state index contributed by atoms with van der Waals surface area (Å²) in [5, 5.41) is 2.76. The van der Waals surface area contributed by atoms with E-state index in [1.807, 2.05) is 27.0 Å². The lowest BCUT2D eigenvalue weighted by atomic mass is 10.3. The molecule has 0 aliphatic carbocycles. The summed E-state index contributed by atoms with van der Waals surface area (Å²) in [5.41, 5.74) is 0.964. The van der Waals surface area contributed by atoms with Crippen molar-refractivity contribution in [1.29, 1.82) is 0 Å². The Balaban J connectivity index is 2.89. The molecule has 4 nitrogen and oxygen atoms in total. The van der Waals surface area contributed by atoms with Gasteiger partial charge in [-0.2, -0.15) is 0 Å². The molecule has 0 fully saturated rings. The van der Waals surface area contributed by atoms with E-state index < -0.39 is 0 Å². The van der Waals surface area contributed by atoms with Crippen LogP contribution >= 0.6 is 12.2 Å². The first-order chi connectivity index (χ1) is 6.56. The number of carbonyl (C=O) groups excluding carboxylic acids is 1. The maximum atomic E-state index is 11.5.